The summed E-state index contributed by atoms with van der Waals surface area (Å²) < 4.78 is 0. The Morgan fingerprint density at radius 1 is 1.45 bits per heavy atom. The quantitative estimate of drug-likeness (QED) is 0.193. The molecule has 0 aliphatic carbocycles. The average Bonchev–Trinajstić information content (AvgIpc) is 2.40. The smallest absolute Gasteiger partial charge is 0.871 e. The summed E-state index contributed by atoms with van der Waals surface area (Å²) in [5.74, 6) is -0.162. The molecule has 118 valence electrons. The molecule has 1 aromatic rings. The predicted molar refractivity (Wildman–Crippen MR) is 80.3 cm³/mol. The molecule has 0 radical (unpaired) electrons. The van der Waals surface area contributed by atoms with E-state index in [-0.39, 0.29) is 37.3 Å². The fraction of sp³-hybridized carbons (Fsp3) is 0.500. The van der Waals surface area contributed by atoms with Gasteiger partial charge in [0.15, 0.2) is 0 Å². The topological polar surface area (TPSA) is 163 Å². The van der Waals surface area contributed by atoms with Crippen LogP contribution in [0.15, 0.2) is 11.2 Å². The third-order valence-electron chi connectivity index (χ3n) is 2.40. The molecule has 22 heavy (non-hydrogen) atoms. The normalized spacial score (nSPS) is 9.32. The van der Waals surface area contributed by atoms with Gasteiger partial charge < -0.3 is 31.7 Å². The summed E-state index contributed by atoms with van der Waals surface area (Å²) in [5, 5.41) is 20.9. The number of aliphatic hydroxyl groups excluding tert-OH is 1. The fourth-order valence-corrected chi connectivity index (χ4v) is 1.32. The molecule has 0 aromatic carbocycles. The molecular weight excluding hydrogens is 342 g/mol. The summed E-state index contributed by atoms with van der Waals surface area (Å²) in [7, 11) is 3.93. The molecule has 4 N–H and O–H groups in total. The maximum atomic E-state index is 11.8. The predicted octanol–water partition coefficient (Wildman–Crippen LogP) is -0.122. The van der Waals surface area contributed by atoms with Crippen LogP contribution in [0.4, 0.5) is 0 Å². The van der Waals surface area contributed by atoms with E-state index in [1.54, 1.807) is 6.92 Å². The second kappa shape index (κ2) is 14.4. The second-order valence-corrected chi connectivity index (χ2v) is 4.20. The number of rotatable bonds is 5. The van der Waals surface area contributed by atoms with Crippen molar-refractivity contribution in [2.45, 2.75) is 13.5 Å². The van der Waals surface area contributed by atoms with Crippen molar-refractivity contribution in [1.82, 2.24) is 9.88 Å². The Kier molecular flexibility index (Phi) is 16.6. The third kappa shape index (κ3) is 9.38. The standard InChI is InChI=1S/C12H19N3O2.N3.H2O.Zn/c1-9-12(17)11(10(8-16)6-14-9)7-13-4-5-15(2)3;1-3-2;;/h6-7,16-17H,4-5,8H2,1-3H3;;1H2;/q;-1;;+2. The largest absolute Gasteiger partial charge is 2.00 e. The Hall–Kier alpha value is -1.57. The molecule has 0 saturated heterocycles. The van der Waals surface area contributed by atoms with Crippen LogP contribution in [0, 0.1) is 6.92 Å². The first-order valence-corrected chi connectivity index (χ1v) is 5.87. The average molecular weight is 363 g/mol. The first-order chi connectivity index (χ1) is 9.47. The number of aryl methyl sites for hydroxylation is 1. The summed E-state index contributed by atoms with van der Waals surface area (Å²) in [4.78, 5) is 11.6. The van der Waals surface area contributed by atoms with Crippen LogP contribution < -0.4 is 5.11 Å². The second-order valence-electron chi connectivity index (χ2n) is 4.20. The van der Waals surface area contributed by atoms with E-state index < -0.39 is 0 Å². The Balaban J connectivity index is -0.000000666. The van der Waals surface area contributed by atoms with E-state index in [0.717, 1.165) is 6.54 Å². The number of likely N-dealkylation sites (N-methyl/N-ethyl adjacent to an activating group) is 1. The molecule has 9 nitrogen and oxygen atoms in total. The van der Waals surface area contributed by atoms with Crippen LogP contribution in [0.3, 0.4) is 0 Å². The van der Waals surface area contributed by atoms with Gasteiger partial charge in [-0.2, -0.15) is 0 Å². The minimum absolute atomic E-state index is 0. The minimum Gasteiger partial charge on any atom is -0.871 e. The molecule has 0 bridgehead atoms. The van der Waals surface area contributed by atoms with Crippen molar-refractivity contribution in [3.63, 3.8) is 0 Å². The maximum absolute atomic E-state index is 11.8. The molecule has 1 rings (SSSR count). The Labute approximate surface area is 142 Å². The Bertz CT molecular complexity index is 490. The summed E-state index contributed by atoms with van der Waals surface area (Å²) in [6.45, 7) is 2.90. The van der Waals surface area contributed by atoms with Crippen LogP contribution in [0.25, 0.3) is 16.0 Å². The summed E-state index contributed by atoms with van der Waals surface area (Å²) in [6, 6.07) is 0. The van der Waals surface area contributed by atoms with Gasteiger partial charge in [0.1, 0.15) is 0 Å². The van der Waals surface area contributed by atoms with Gasteiger partial charge in [0.05, 0.1) is 13.2 Å². The van der Waals surface area contributed by atoms with Gasteiger partial charge in [0.25, 0.3) is 0 Å². The van der Waals surface area contributed by atoms with Crippen LogP contribution in [0.2, 0.25) is 0 Å². The van der Waals surface area contributed by atoms with Gasteiger partial charge in [-0.25, -0.2) is 0 Å². The van der Waals surface area contributed by atoms with Crippen molar-refractivity contribution in [1.29, 1.82) is 0 Å². The zero-order chi connectivity index (χ0) is 15.5. The van der Waals surface area contributed by atoms with E-state index in [1.165, 1.54) is 17.3 Å². The van der Waals surface area contributed by atoms with Crippen molar-refractivity contribution in [3.8, 4) is 5.75 Å². The minimum atomic E-state index is -0.197. The first-order valence-electron chi connectivity index (χ1n) is 5.87. The maximum Gasteiger partial charge on any atom is 2.00 e. The van der Waals surface area contributed by atoms with E-state index >= 15 is 0 Å². The summed E-state index contributed by atoms with van der Waals surface area (Å²) in [5.41, 5.74) is 14.9. The molecule has 0 saturated carbocycles. The Morgan fingerprint density at radius 2 is 2.00 bits per heavy atom. The van der Waals surface area contributed by atoms with E-state index in [9.17, 15) is 5.11 Å². The van der Waals surface area contributed by atoms with Crippen molar-refractivity contribution in [2.24, 2.45) is 4.99 Å². The summed E-state index contributed by atoms with van der Waals surface area (Å²) in [6.07, 6.45) is 3.05. The number of aromatic nitrogens is 1. The molecule has 0 amide bonds. The number of hydrogen-bond acceptors (Lipinski definition) is 5. The first kappa shape index (κ1) is 25.4. The van der Waals surface area contributed by atoms with Gasteiger partial charge in [0.2, 0.25) is 0 Å². The zero-order valence-electron chi connectivity index (χ0n) is 13.1. The van der Waals surface area contributed by atoms with E-state index in [0.29, 0.717) is 23.4 Å². The van der Waals surface area contributed by atoms with Crippen LogP contribution in [-0.4, -0.2) is 48.4 Å². The van der Waals surface area contributed by atoms with Gasteiger partial charge in [-0.1, -0.05) is 5.75 Å². The van der Waals surface area contributed by atoms with E-state index in [1.807, 2.05) is 19.0 Å². The number of hydrogen-bond donors (Lipinski definition) is 1. The van der Waals surface area contributed by atoms with Gasteiger partial charge >= 0.3 is 19.5 Å². The number of aliphatic imine (C=N–C) groups is 1. The molecule has 0 unspecified atom stereocenters. The Morgan fingerprint density at radius 3 is 2.45 bits per heavy atom. The molecule has 10 heteroatoms. The zero-order valence-corrected chi connectivity index (χ0v) is 16.1. The molecule has 0 spiro atoms. The van der Waals surface area contributed by atoms with Crippen LogP contribution in [0.5, 0.6) is 5.75 Å². The van der Waals surface area contributed by atoms with Gasteiger partial charge in [-0.15, -0.1) is 0 Å². The molecule has 1 aromatic heterocycles. The van der Waals surface area contributed by atoms with Crippen LogP contribution in [0.1, 0.15) is 16.8 Å². The molecule has 1 heterocycles. The van der Waals surface area contributed by atoms with Crippen molar-refractivity contribution < 1.29 is 35.2 Å². The molecule has 0 aliphatic heterocycles. The van der Waals surface area contributed by atoms with Crippen LogP contribution in [-0.2, 0) is 31.6 Å². The molecule has 0 atom stereocenters. The number of nitrogens with zero attached hydrogens (tertiary/aromatic N) is 6. The van der Waals surface area contributed by atoms with Crippen molar-refractivity contribution in [2.75, 3.05) is 27.2 Å². The van der Waals surface area contributed by atoms with Gasteiger partial charge in [0, 0.05) is 30.2 Å². The number of pyridine rings is 1. The van der Waals surface area contributed by atoms with Crippen molar-refractivity contribution in [3.05, 3.63) is 39.0 Å². The van der Waals surface area contributed by atoms with E-state index in [4.69, 9.17) is 16.2 Å². The van der Waals surface area contributed by atoms with Crippen molar-refractivity contribution >= 4 is 6.21 Å². The van der Waals surface area contributed by atoms with Gasteiger partial charge in [-0.3, -0.25) is 14.9 Å². The summed E-state index contributed by atoms with van der Waals surface area (Å²) >= 11 is 0. The third-order valence-corrected chi connectivity index (χ3v) is 2.40. The van der Waals surface area contributed by atoms with Gasteiger partial charge in [-0.05, 0) is 26.6 Å². The van der Waals surface area contributed by atoms with E-state index in [2.05, 4.69) is 9.98 Å². The SMILES string of the molecule is Cc1ncc(CO)c(C=NCCN(C)C)c1[O-].[N-]=[N+]=[N-].[OH3+].[Zn+2]. The molecule has 0 fully saturated rings. The molecular formula is C12H21N6O3Zn+. The molecule has 0 aliphatic rings. The number of aliphatic hydroxyl groups is 1. The fourth-order valence-electron chi connectivity index (χ4n) is 1.32. The van der Waals surface area contributed by atoms with Crippen LogP contribution >= 0.6 is 0 Å². The monoisotopic (exact) mass is 361 g/mol.